The standard InChI is InChI=1S/C18H27N3O2/c1-20(2)11-9-19-18(22)21-10-8-17(13-21)23-16-7-6-14-4-3-5-15(14)12-16/h6-7,12,17H,3-5,8-11,13H2,1-2H3,(H,19,22). The summed E-state index contributed by atoms with van der Waals surface area (Å²) in [5, 5.41) is 2.96. The Bertz CT molecular complexity index is 559. The van der Waals surface area contributed by atoms with Gasteiger partial charge in [0.2, 0.25) is 0 Å². The highest BCUT2D eigenvalue weighted by Gasteiger charge is 2.27. The molecule has 0 saturated carbocycles. The van der Waals surface area contributed by atoms with Crippen molar-refractivity contribution in [2.45, 2.75) is 31.8 Å². The number of ether oxygens (including phenoxy) is 1. The van der Waals surface area contributed by atoms with Gasteiger partial charge in [0.05, 0.1) is 6.54 Å². The molecular weight excluding hydrogens is 290 g/mol. The van der Waals surface area contributed by atoms with Crippen molar-refractivity contribution in [1.29, 1.82) is 0 Å². The van der Waals surface area contributed by atoms with Crippen LogP contribution in [0.2, 0.25) is 0 Å². The minimum atomic E-state index is 0.0203. The van der Waals surface area contributed by atoms with Gasteiger partial charge in [-0.1, -0.05) is 6.07 Å². The van der Waals surface area contributed by atoms with Crippen molar-refractivity contribution in [2.75, 3.05) is 40.3 Å². The van der Waals surface area contributed by atoms with Crippen molar-refractivity contribution in [2.24, 2.45) is 0 Å². The van der Waals surface area contributed by atoms with Crippen molar-refractivity contribution >= 4 is 6.03 Å². The van der Waals surface area contributed by atoms with Gasteiger partial charge in [-0.2, -0.15) is 0 Å². The maximum atomic E-state index is 12.1. The zero-order chi connectivity index (χ0) is 16.2. The van der Waals surface area contributed by atoms with Crippen LogP contribution in [0.15, 0.2) is 18.2 Å². The SMILES string of the molecule is CN(C)CCNC(=O)N1CCC(Oc2ccc3c(c2)CCC3)C1. The highest BCUT2D eigenvalue weighted by Crippen LogP contribution is 2.27. The summed E-state index contributed by atoms with van der Waals surface area (Å²) >= 11 is 0. The molecule has 0 bridgehead atoms. The van der Waals surface area contributed by atoms with Crippen molar-refractivity contribution in [1.82, 2.24) is 15.1 Å². The normalized spacial score (nSPS) is 20.0. The van der Waals surface area contributed by atoms with E-state index in [1.807, 2.05) is 19.0 Å². The van der Waals surface area contributed by atoms with Crippen molar-refractivity contribution in [3.63, 3.8) is 0 Å². The number of carbonyl (C=O) groups excluding carboxylic acids is 1. The third kappa shape index (κ3) is 4.16. The number of hydrogen-bond acceptors (Lipinski definition) is 3. The number of nitrogens with zero attached hydrogens (tertiary/aromatic N) is 2. The maximum Gasteiger partial charge on any atom is 0.317 e. The first-order valence-electron chi connectivity index (χ1n) is 8.58. The van der Waals surface area contributed by atoms with Crippen molar-refractivity contribution in [3.8, 4) is 5.75 Å². The highest BCUT2D eigenvalue weighted by atomic mass is 16.5. The molecule has 5 heteroatoms. The number of likely N-dealkylation sites (N-methyl/N-ethyl adjacent to an activating group) is 1. The minimum absolute atomic E-state index is 0.0203. The van der Waals surface area contributed by atoms with Crippen LogP contribution in [0.25, 0.3) is 0 Å². The molecule has 1 aromatic carbocycles. The Labute approximate surface area is 138 Å². The lowest BCUT2D eigenvalue weighted by atomic mass is 10.1. The Balaban J connectivity index is 1.47. The van der Waals surface area contributed by atoms with E-state index in [1.165, 1.54) is 24.0 Å². The average molecular weight is 317 g/mol. The fourth-order valence-electron chi connectivity index (χ4n) is 3.32. The molecular formula is C18H27N3O2. The van der Waals surface area contributed by atoms with Gasteiger partial charge in [-0.15, -0.1) is 0 Å². The molecule has 0 radical (unpaired) electrons. The van der Waals surface area contributed by atoms with Crippen LogP contribution < -0.4 is 10.1 Å². The molecule has 2 aliphatic rings. The van der Waals surface area contributed by atoms with E-state index in [-0.39, 0.29) is 12.1 Å². The zero-order valence-electron chi connectivity index (χ0n) is 14.2. The summed E-state index contributed by atoms with van der Waals surface area (Å²) in [5.74, 6) is 0.950. The van der Waals surface area contributed by atoms with Gasteiger partial charge in [0, 0.05) is 26.1 Å². The molecule has 23 heavy (non-hydrogen) atoms. The van der Waals surface area contributed by atoms with Crippen LogP contribution in [-0.2, 0) is 12.8 Å². The van der Waals surface area contributed by atoms with E-state index in [0.717, 1.165) is 31.7 Å². The molecule has 1 aliphatic carbocycles. The van der Waals surface area contributed by atoms with Gasteiger partial charge < -0.3 is 19.9 Å². The number of urea groups is 1. The number of carbonyl (C=O) groups is 1. The third-order valence-electron chi connectivity index (χ3n) is 4.64. The van der Waals surface area contributed by atoms with Crippen LogP contribution in [0.3, 0.4) is 0 Å². The van der Waals surface area contributed by atoms with Gasteiger partial charge in [0.1, 0.15) is 11.9 Å². The Kier molecular flexibility index (Phi) is 5.06. The van der Waals surface area contributed by atoms with E-state index >= 15 is 0 Å². The molecule has 1 fully saturated rings. The summed E-state index contributed by atoms with van der Waals surface area (Å²) in [7, 11) is 4.00. The van der Waals surface area contributed by atoms with Crippen LogP contribution >= 0.6 is 0 Å². The number of benzene rings is 1. The summed E-state index contributed by atoms with van der Waals surface area (Å²) in [6, 6.07) is 6.47. The quantitative estimate of drug-likeness (QED) is 0.902. The molecule has 1 aromatic rings. The van der Waals surface area contributed by atoms with Gasteiger partial charge in [-0.3, -0.25) is 0 Å². The van der Waals surface area contributed by atoms with Crippen LogP contribution in [0.5, 0.6) is 5.75 Å². The first kappa shape index (κ1) is 16.1. The Morgan fingerprint density at radius 3 is 3.00 bits per heavy atom. The number of hydrogen-bond donors (Lipinski definition) is 1. The largest absolute Gasteiger partial charge is 0.489 e. The minimum Gasteiger partial charge on any atom is -0.489 e. The molecule has 2 amide bonds. The summed E-state index contributed by atoms with van der Waals surface area (Å²) in [6.07, 6.45) is 4.62. The molecule has 1 unspecified atom stereocenters. The third-order valence-corrected chi connectivity index (χ3v) is 4.64. The van der Waals surface area contributed by atoms with E-state index in [2.05, 4.69) is 28.4 Å². The van der Waals surface area contributed by atoms with Crippen LogP contribution in [0.4, 0.5) is 4.79 Å². The lowest BCUT2D eigenvalue weighted by molar-refractivity contribution is 0.186. The topological polar surface area (TPSA) is 44.8 Å². The lowest BCUT2D eigenvalue weighted by Crippen LogP contribution is -2.41. The highest BCUT2D eigenvalue weighted by molar-refractivity contribution is 5.74. The molecule has 0 aromatic heterocycles. The van der Waals surface area contributed by atoms with Crippen LogP contribution in [0.1, 0.15) is 24.0 Å². The first-order valence-corrected chi connectivity index (χ1v) is 8.58. The predicted molar refractivity (Wildman–Crippen MR) is 91.0 cm³/mol. The van der Waals surface area contributed by atoms with E-state index in [0.29, 0.717) is 13.1 Å². The fourth-order valence-corrected chi connectivity index (χ4v) is 3.32. The number of fused-ring (bicyclic) bond motifs is 1. The molecule has 3 rings (SSSR count). The van der Waals surface area contributed by atoms with Crippen molar-refractivity contribution in [3.05, 3.63) is 29.3 Å². The summed E-state index contributed by atoms with van der Waals surface area (Å²) in [5.41, 5.74) is 2.89. The van der Waals surface area contributed by atoms with Crippen LogP contribution in [-0.4, -0.2) is 62.2 Å². The number of aryl methyl sites for hydroxylation is 2. The molecule has 1 atom stereocenters. The Morgan fingerprint density at radius 2 is 2.17 bits per heavy atom. The second-order valence-corrected chi connectivity index (χ2v) is 6.79. The lowest BCUT2D eigenvalue weighted by Gasteiger charge is -2.19. The van der Waals surface area contributed by atoms with Gasteiger partial charge in [0.25, 0.3) is 0 Å². The van der Waals surface area contributed by atoms with E-state index < -0.39 is 0 Å². The summed E-state index contributed by atoms with van der Waals surface area (Å²) < 4.78 is 6.09. The monoisotopic (exact) mass is 317 g/mol. The number of likely N-dealkylation sites (tertiary alicyclic amines) is 1. The number of nitrogens with one attached hydrogen (secondary N) is 1. The van der Waals surface area contributed by atoms with E-state index in [1.54, 1.807) is 0 Å². The van der Waals surface area contributed by atoms with Gasteiger partial charge in [-0.05, 0) is 56.6 Å². The predicted octanol–water partition coefficient (Wildman–Crippen LogP) is 1.90. The van der Waals surface area contributed by atoms with E-state index in [9.17, 15) is 4.79 Å². The molecule has 1 saturated heterocycles. The molecule has 1 aliphatic heterocycles. The zero-order valence-corrected chi connectivity index (χ0v) is 14.2. The van der Waals surface area contributed by atoms with Crippen molar-refractivity contribution < 1.29 is 9.53 Å². The second-order valence-electron chi connectivity index (χ2n) is 6.79. The smallest absolute Gasteiger partial charge is 0.317 e. The molecule has 5 nitrogen and oxygen atoms in total. The second kappa shape index (κ2) is 7.21. The van der Waals surface area contributed by atoms with E-state index in [4.69, 9.17) is 4.74 Å². The average Bonchev–Trinajstić information content (AvgIpc) is 3.15. The maximum absolute atomic E-state index is 12.1. The number of amides is 2. The molecule has 0 spiro atoms. The first-order chi connectivity index (χ1) is 11.1. The van der Waals surface area contributed by atoms with Gasteiger partial charge in [-0.25, -0.2) is 4.79 Å². The Morgan fingerprint density at radius 1 is 1.35 bits per heavy atom. The molecule has 1 N–H and O–H groups in total. The van der Waals surface area contributed by atoms with Crippen LogP contribution in [0, 0.1) is 0 Å². The molecule has 1 heterocycles. The number of rotatable bonds is 5. The van der Waals surface area contributed by atoms with Gasteiger partial charge in [0.15, 0.2) is 0 Å². The van der Waals surface area contributed by atoms with Gasteiger partial charge >= 0.3 is 6.03 Å². The Hall–Kier alpha value is -1.75. The summed E-state index contributed by atoms with van der Waals surface area (Å²) in [6.45, 7) is 2.97. The molecule has 126 valence electrons. The summed E-state index contributed by atoms with van der Waals surface area (Å²) in [4.78, 5) is 16.0. The fraction of sp³-hybridized carbons (Fsp3) is 0.611.